The average molecular weight is 324 g/mol. The second-order valence-electron chi connectivity index (χ2n) is 5.15. The SMILES string of the molecule is CSCCC(NC(=O)c1ccco1)C(=O)N1CCC(=O)CC1. The van der Waals surface area contributed by atoms with Crippen molar-refractivity contribution < 1.29 is 18.8 Å². The predicted octanol–water partition coefficient (Wildman–Crippen LogP) is 1.32. The molecule has 1 aliphatic heterocycles. The van der Waals surface area contributed by atoms with E-state index in [0.29, 0.717) is 32.4 Å². The van der Waals surface area contributed by atoms with Crippen molar-refractivity contribution in [3.8, 4) is 0 Å². The van der Waals surface area contributed by atoms with Gasteiger partial charge in [-0.25, -0.2) is 0 Å². The molecule has 22 heavy (non-hydrogen) atoms. The summed E-state index contributed by atoms with van der Waals surface area (Å²) in [6.45, 7) is 0.869. The number of nitrogens with one attached hydrogen (secondary N) is 1. The summed E-state index contributed by atoms with van der Waals surface area (Å²) >= 11 is 1.62. The summed E-state index contributed by atoms with van der Waals surface area (Å²) in [5.41, 5.74) is 0. The zero-order valence-corrected chi connectivity index (χ0v) is 13.4. The molecule has 120 valence electrons. The Morgan fingerprint density at radius 2 is 2.14 bits per heavy atom. The number of piperidine rings is 1. The van der Waals surface area contributed by atoms with E-state index in [1.54, 1.807) is 28.8 Å². The van der Waals surface area contributed by atoms with Crippen LogP contribution in [0.4, 0.5) is 0 Å². The highest BCUT2D eigenvalue weighted by Gasteiger charge is 2.29. The highest BCUT2D eigenvalue weighted by Crippen LogP contribution is 2.11. The first-order valence-electron chi connectivity index (χ1n) is 7.25. The Morgan fingerprint density at radius 3 is 2.73 bits per heavy atom. The number of nitrogens with zero attached hydrogens (tertiary/aromatic N) is 1. The topological polar surface area (TPSA) is 79.6 Å². The summed E-state index contributed by atoms with van der Waals surface area (Å²) in [6.07, 6.45) is 4.72. The molecule has 1 aromatic heterocycles. The van der Waals surface area contributed by atoms with E-state index < -0.39 is 11.9 Å². The van der Waals surface area contributed by atoms with Gasteiger partial charge in [0.1, 0.15) is 11.8 Å². The molecular weight excluding hydrogens is 304 g/mol. The van der Waals surface area contributed by atoms with Gasteiger partial charge in [0.2, 0.25) is 5.91 Å². The summed E-state index contributed by atoms with van der Waals surface area (Å²) in [6, 6.07) is 2.60. The molecule has 7 heteroatoms. The van der Waals surface area contributed by atoms with Gasteiger partial charge in [0, 0.05) is 25.9 Å². The highest BCUT2D eigenvalue weighted by atomic mass is 32.2. The maximum Gasteiger partial charge on any atom is 0.287 e. The number of ketones is 1. The third kappa shape index (κ3) is 4.37. The summed E-state index contributed by atoms with van der Waals surface area (Å²) in [5.74, 6) is 0.626. The van der Waals surface area contributed by atoms with Gasteiger partial charge in [-0.05, 0) is 30.6 Å². The van der Waals surface area contributed by atoms with Crippen LogP contribution in [0.3, 0.4) is 0 Å². The first kappa shape index (κ1) is 16.6. The van der Waals surface area contributed by atoms with Gasteiger partial charge in [0.05, 0.1) is 6.26 Å². The van der Waals surface area contributed by atoms with Gasteiger partial charge in [-0.3, -0.25) is 14.4 Å². The molecule has 2 rings (SSSR count). The normalized spacial score (nSPS) is 16.4. The predicted molar refractivity (Wildman–Crippen MR) is 83.8 cm³/mol. The van der Waals surface area contributed by atoms with Gasteiger partial charge >= 0.3 is 0 Å². The Morgan fingerprint density at radius 1 is 1.41 bits per heavy atom. The molecule has 1 N–H and O–H groups in total. The lowest BCUT2D eigenvalue weighted by Gasteiger charge is -2.30. The van der Waals surface area contributed by atoms with Crippen LogP contribution in [0.15, 0.2) is 22.8 Å². The van der Waals surface area contributed by atoms with Crippen LogP contribution in [0.2, 0.25) is 0 Å². The van der Waals surface area contributed by atoms with E-state index in [4.69, 9.17) is 4.42 Å². The molecule has 1 unspecified atom stereocenters. The maximum absolute atomic E-state index is 12.6. The molecule has 0 aliphatic carbocycles. The Labute approximate surface area is 133 Å². The third-order valence-corrected chi connectivity index (χ3v) is 4.24. The summed E-state index contributed by atoms with van der Waals surface area (Å²) in [7, 11) is 0. The van der Waals surface area contributed by atoms with E-state index >= 15 is 0 Å². The number of Topliss-reactive ketones (excluding diaryl/α,β-unsaturated/α-hetero) is 1. The van der Waals surface area contributed by atoms with Gasteiger partial charge in [-0.1, -0.05) is 0 Å². The monoisotopic (exact) mass is 324 g/mol. The lowest BCUT2D eigenvalue weighted by Crippen LogP contribution is -2.51. The molecule has 2 heterocycles. The van der Waals surface area contributed by atoms with Crippen molar-refractivity contribution in [2.75, 3.05) is 25.1 Å². The molecule has 0 saturated carbocycles. The fraction of sp³-hybridized carbons (Fsp3) is 0.533. The van der Waals surface area contributed by atoms with Crippen molar-refractivity contribution in [3.63, 3.8) is 0 Å². The number of carbonyl (C=O) groups excluding carboxylic acids is 3. The number of furan rings is 1. The molecule has 2 amide bonds. The van der Waals surface area contributed by atoms with E-state index in [1.165, 1.54) is 6.26 Å². The van der Waals surface area contributed by atoms with Gasteiger partial charge in [-0.15, -0.1) is 0 Å². The van der Waals surface area contributed by atoms with Crippen LogP contribution in [-0.4, -0.2) is 53.6 Å². The largest absolute Gasteiger partial charge is 0.459 e. The Kier molecular flexibility index (Phi) is 6.06. The average Bonchev–Trinajstić information content (AvgIpc) is 3.06. The summed E-state index contributed by atoms with van der Waals surface area (Å²) in [4.78, 5) is 37.6. The van der Waals surface area contributed by atoms with Crippen LogP contribution in [0.1, 0.15) is 29.8 Å². The molecule has 0 bridgehead atoms. The fourth-order valence-corrected chi connectivity index (χ4v) is 2.80. The van der Waals surface area contributed by atoms with Crippen molar-refractivity contribution in [3.05, 3.63) is 24.2 Å². The standard InChI is InChI=1S/C15H20N2O4S/c1-22-10-6-12(16-14(19)13-3-2-9-21-13)15(20)17-7-4-11(18)5-8-17/h2-3,9,12H,4-8,10H2,1H3,(H,16,19). The van der Waals surface area contributed by atoms with E-state index in [0.717, 1.165) is 5.75 Å². The van der Waals surface area contributed by atoms with Crippen molar-refractivity contribution in [2.45, 2.75) is 25.3 Å². The summed E-state index contributed by atoms with van der Waals surface area (Å²) in [5, 5.41) is 2.74. The second kappa shape index (κ2) is 8.03. The van der Waals surface area contributed by atoms with Gasteiger partial charge in [-0.2, -0.15) is 11.8 Å². The summed E-state index contributed by atoms with van der Waals surface area (Å²) < 4.78 is 5.05. The molecule has 0 aromatic carbocycles. The van der Waals surface area contributed by atoms with E-state index in [2.05, 4.69) is 5.32 Å². The van der Waals surface area contributed by atoms with Crippen molar-refractivity contribution >= 4 is 29.4 Å². The zero-order chi connectivity index (χ0) is 15.9. The number of rotatable bonds is 6. The Balaban J connectivity index is 1.99. The number of hydrogen-bond donors (Lipinski definition) is 1. The van der Waals surface area contributed by atoms with Gasteiger partial charge in [0.25, 0.3) is 5.91 Å². The van der Waals surface area contributed by atoms with Crippen LogP contribution in [0.25, 0.3) is 0 Å². The molecule has 1 aliphatic rings. The van der Waals surface area contributed by atoms with E-state index in [-0.39, 0.29) is 17.5 Å². The van der Waals surface area contributed by atoms with Gasteiger partial charge < -0.3 is 14.6 Å². The minimum absolute atomic E-state index is 0.124. The van der Waals surface area contributed by atoms with Gasteiger partial charge in [0.15, 0.2) is 5.76 Å². The number of hydrogen-bond acceptors (Lipinski definition) is 5. The Bertz CT molecular complexity index is 520. The molecular formula is C15H20N2O4S. The smallest absolute Gasteiger partial charge is 0.287 e. The first-order valence-corrected chi connectivity index (χ1v) is 8.65. The first-order chi connectivity index (χ1) is 10.6. The molecule has 1 atom stereocenters. The van der Waals surface area contributed by atoms with Crippen LogP contribution < -0.4 is 5.32 Å². The highest BCUT2D eigenvalue weighted by molar-refractivity contribution is 7.98. The number of carbonyl (C=O) groups is 3. The minimum Gasteiger partial charge on any atom is -0.459 e. The fourth-order valence-electron chi connectivity index (χ4n) is 2.33. The second-order valence-corrected chi connectivity index (χ2v) is 6.13. The molecule has 1 aromatic rings. The van der Waals surface area contributed by atoms with Crippen LogP contribution in [0, 0.1) is 0 Å². The minimum atomic E-state index is -0.585. The van der Waals surface area contributed by atoms with Crippen molar-refractivity contribution in [1.82, 2.24) is 10.2 Å². The zero-order valence-electron chi connectivity index (χ0n) is 12.5. The van der Waals surface area contributed by atoms with Crippen molar-refractivity contribution in [1.29, 1.82) is 0 Å². The Hall–Kier alpha value is -1.76. The van der Waals surface area contributed by atoms with Crippen molar-refractivity contribution in [2.24, 2.45) is 0 Å². The molecule has 0 spiro atoms. The van der Waals surface area contributed by atoms with Crippen LogP contribution in [0.5, 0.6) is 0 Å². The maximum atomic E-state index is 12.6. The molecule has 1 saturated heterocycles. The van der Waals surface area contributed by atoms with E-state index in [9.17, 15) is 14.4 Å². The molecule has 6 nitrogen and oxygen atoms in total. The van der Waals surface area contributed by atoms with E-state index in [1.807, 2.05) is 6.26 Å². The van der Waals surface area contributed by atoms with Crippen LogP contribution >= 0.6 is 11.8 Å². The molecule has 0 radical (unpaired) electrons. The number of thioether (sulfide) groups is 1. The third-order valence-electron chi connectivity index (χ3n) is 3.59. The lowest BCUT2D eigenvalue weighted by molar-refractivity contribution is -0.136. The van der Waals surface area contributed by atoms with Crippen LogP contribution in [-0.2, 0) is 9.59 Å². The number of likely N-dealkylation sites (tertiary alicyclic amines) is 1. The quantitative estimate of drug-likeness (QED) is 0.854. The molecule has 1 fully saturated rings. The number of amides is 2. The lowest BCUT2D eigenvalue weighted by atomic mass is 10.1.